The molecule has 1 aliphatic heterocycles. The molecular formula is C22H22BrN3O2. The van der Waals surface area contributed by atoms with E-state index in [1.807, 2.05) is 41.4 Å². The number of hydrogen-bond donors (Lipinski definition) is 0. The molecule has 1 aromatic heterocycles. The van der Waals surface area contributed by atoms with E-state index in [2.05, 4.69) is 50.1 Å². The predicted octanol–water partition coefficient (Wildman–Crippen LogP) is 3.72. The predicted molar refractivity (Wildman–Crippen MR) is 113 cm³/mol. The maximum atomic E-state index is 12.4. The highest BCUT2D eigenvalue weighted by Gasteiger charge is 2.22. The SMILES string of the molecule is O=C(COc1ccc(Br)cc1)N1CCN(Cc2cccc3cccnc23)CC1. The summed E-state index contributed by atoms with van der Waals surface area (Å²) in [6.45, 7) is 4.09. The number of piperazine rings is 1. The van der Waals surface area contributed by atoms with Crippen LogP contribution < -0.4 is 4.74 Å². The van der Waals surface area contributed by atoms with Crippen molar-refractivity contribution < 1.29 is 9.53 Å². The molecule has 4 rings (SSSR count). The van der Waals surface area contributed by atoms with Gasteiger partial charge in [-0.15, -0.1) is 0 Å². The second-order valence-electron chi connectivity index (χ2n) is 6.89. The van der Waals surface area contributed by atoms with Crippen LogP contribution in [0.1, 0.15) is 5.56 Å². The van der Waals surface area contributed by atoms with Gasteiger partial charge in [0, 0.05) is 48.8 Å². The van der Waals surface area contributed by atoms with E-state index >= 15 is 0 Å². The van der Waals surface area contributed by atoms with Crippen LogP contribution in [0, 0.1) is 0 Å². The first kappa shape index (κ1) is 18.9. The van der Waals surface area contributed by atoms with Gasteiger partial charge in [0.05, 0.1) is 5.52 Å². The molecule has 0 atom stereocenters. The molecule has 6 heteroatoms. The van der Waals surface area contributed by atoms with Crippen molar-refractivity contribution in [3.63, 3.8) is 0 Å². The van der Waals surface area contributed by atoms with Crippen LogP contribution in [0.4, 0.5) is 0 Å². The van der Waals surface area contributed by atoms with E-state index in [4.69, 9.17) is 4.74 Å². The van der Waals surface area contributed by atoms with Crippen molar-refractivity contribution in [2.45, 2.75) is 6.54 Å². The van der Waals surface area contributed by atoms with E-state index in [-0.39, 0.29) is 12.5 Å². The van der Waals surface area contributed by atoms with Crippen LogP contribution in [0.5, 0.6) is 5.75 Å². The number of halogens is 1. The minimum atomic E-state index is 0.0365. The molecule has 1 aliphatic rings. The Balaban J connectivity index is 1.29. The van der Waals surface area contributed by atoms with Gasteiger partial charge in [-0.2, -0.15) is 0 Å². The molecule has 0 N–H and O–H groups in total. The number of pyridine rings is 1. The minimum absolute atomic E-state index is 0.0365. The molecule has 28 heavy (non-hydrogen) atoms. The number of aromatic nitrogens is 1. The van der Waals surface area contributed by atoms with Crippen molar-refractivity contribution >= 4 is 32.7 Å². The zero-order valence-electron chi connectivity index (χ0n) is 15.6. The molecule has 0 saturated carbocycles. The van der Waals surface area contributed by atoms with Crippen LogP contribution in [0.2, 0.25) is 0 Å². The van der Waals surface area contributed by atoms with Crippen molar-refractivity contribution in [3.8, 4) is 5.75 Å². The number of fused-ring (bicyclic) bond motifs is 1. The van der Waals surface area contributed by atoms with Crippen LogP contribution in [0.3, 0.4) is 0 Å². The lowest BCUT2D eigenvalue weighted by molar-refractivity contribution is -0.135. The van der Waals surface area contributed by atoms with E-state index < -0.39 is 0 Å². The molecule has 2 aromatic carbocycles. The Morgan fingerprint density at radius 3 is 2.54 bits per heavy atom. The first-order valence-corrected chi connectivity index (χ1v) is 10.2. The molecule has 2 heterocycles. The van der Waals surface area contributed by atoms with E-state index in [9.17, 15) is 4.79 Å². The second-order valence-corrected chi connectivity index (χ2v) is 7.81. The average molecular weight is 440 g/mol. The number of rotatable bonds is 5. The lowest BCUT2D eigenvalue weighted by Gasteiger charge is -2.34. The molecule has 3 aromatic rings. The molecular weight excluding hydrogens is 418 g/mol. The smallest absolute Gasteiger partial charge is 0.260 e. The Hall–Kier alpha value is -2.44. The first-order valence-electron chi connectivity index (χ1n) is 9.40. The lowest BCUT2D eigenvalue weighted by Crippen LogP contribution is -2.49. The summed E-state index contributed by atoms with van der Waals surface area (Å²) >= 11 is 3.39. The normalized spacial score (nSPS) is 15.0. The largest absolute Gasteiger partial charge is 0.484 e. The molecule has 5 nitrogen and oxygen atoms in total. The van der Waals surface area contributed by atoms with E-state index in [0.717, 1.165) is 42.7 Å². The van der Waals surface area contributed by atoms with Gasteiger partial charge >= 0.3 is 0 Å². The lowest BCUT2D eigenvalue weighted by atomic mass is 10.1. The molecule has 1 amide bonds. The van der Waals surface area contributed by atoms with Crippen LogP contribution in [-0.4, -0.2) is 53.5 Å². The van der Waals surface area contributed by atoms with Gasteiger partial charge in [-0.1, -0.05) is 40.2 Å². The van der Waals surface area contributed by atoms with E-state index in [0.29, 0.717) is 5.75 Å². The average Bonchev–Trinajstić information content (AvgIpc) is 2.74. The summed E-state index contributed by atoms with van der Waals surface area (Å²) in [6.07, 6.45) is 1.84. The van der Waals surface area contributed by atoms with Gasteiger partial charge in [0.15, 0.2) is 6.61 Å². The zero-order valence-corrected chi connectivity index (χ0v) is 17.1. The highest BCUT2D eigenvalue weighted by molar-refractivity contribution is 9.10. The third-order valence-electron chi connectivity index (χ3n) is 5.01. The fourth-order valence-electron chi connectivity index (χ4n) is 3.46. The Morgan fingerprint density at radius 2 is 1.75 bits per heavy atom. The van der Waals surface area contributed by atoms with E-state index in [1.54, 1.807) is 0 Å². The third-order valence-corrected chi connectivity index (χ3v) is 5.54. The Morgan fingerprint density at radius 1 is 1.00 bits per heavy atom. The second kappa shape index (κ2) is 8.71. The summed E-state index contributed by atoms with van der Waals surface area (Å²) in [7, 11) is 0. The standard InChI is InChI=1S/C22H22BrN3O2/c23-19-6-8-20(9-7-19)28-16-21(27)26-13-11-25(12-14-26)15-18-4-1-3-17-5-2-10-24-22(17)18/h1-10H,11-16H2. The van der Waals surface area contributed by atoms with Crippen molar-refractivity contribution in [1.29, 1.82) is 0 Å². The molecule has 0 spiro atoms. The number of ether oxygens (including phenoxy) is 1. The Bertz CT molecular complexity index is 948. The van der Waals surface area contributed by atoms with Crippen molar-refractivity contribution in [2.75, 3.05) is 32.8 Å². The number of para-hydroxylation sites is 1. The summed E-state index contributed by atoms with van der Waals surface area (Å²) in [5, 5.41) is 1.17. The summed E-state index contributed by atoms with van der Waals surface area (Å²) in [6, 6.07) is 17.9. The first-order chi connectivity index (χ1) is 13.7. The molecule has 0 radical (unpaired) electrons. The van der Waals surface area contributed by atoms with Crippen LogP contribution in [0.25, 0.3) is 10.9 Å². The highest BCUT2D eigenvalue weighted by atomic mass is 79.9. The molecule has 0 aliphatic carbocycles. The van der Waals surface area contributed by atoms with Crippen LogP contribution >= 0.6 is 15.9 Å². The van der Waals surface area contributed by atoms with Gasteiger partial charge in [-0.25, -0.2) is 0 Å². The highest BCUT2D eigenvalue weighted by Crippen LogP contribution is 2.19. The van der Waals surface area contributed by atoms with E-state index in [1.165, 1.54) is 10.9 Å². The number of benzene rings is 2. The fourth-order valence-corrected chi connectivity index (χ4v) is 3.72. The van der Waals surface area contributed by atoms with Crippen molar-refractivity contribution in [2.24, 2.45) is 0 Å². The Kier molecular flexibility index (Phi) is 5.88. The third kappa shape index (κ3) is 4.51. The number of amides is 1. The monoisotopic (exact) mass is 439 g/mol. The molecule has 0 bridgehead atoms. The summed E-state index contributed by atoms with van der Waals surface area (Å²) in [5.41, 5.74) is 2.29. The van der Waals surface area contributed by atoms with Crippen LogP contribution in [-0.2, 0) is 11.3 Å². The number of hydrogen-bond acceptors (Lipinski definition) is 4. The number of carbonyl (C=O) groups is 1. The van der Waals surface area contributed by atoms with Gasteiger partial charge in [0.2, 0.25) is 0 Å². The summed E-state index contributed by atoms with van der Waals surface area (Å²) < 4.78 is 6.60. The number of carbonyl (C=O) groups excluding carboxylic acids is 1. The molecule has 0 unspecified atom stereocenters. The van der Waals surface area contributed by atoms with Crippen LogP contribution in [0.15, 0.2) is 65.3 Å². The quantitative estimate of drug-likeness (QED) is 0.607. The summed E-state index contributed by atoms with van der Waals surface area (Å²) in [4.78, 5) is 21.2. The molecule has 1 fully saturated rings. The maximum Gasteiger partial charge on any atom is 0.260 e. The van der Waals surface area contributed by atoms with Gasteiger partial charge in [0.1, 0.15) is 5.75 Å². The zero-order chi connectivity index (χ0) is 19.3. The molecule has 1 saturated heterocycles. The topological polar surface area (TPSA) is 45.7 Å². The maximum absolute atomic E-state index is 12.4. The van der Waals surface area contributed by atoms with Gasteiger partial charge in [-0.05, 0) is 35.9 Å². The van der Waals surface area contributed by atoms with Gasteiger partial charge < -0.3 is 9.64 Å². The Labute approximate surface area is 173 Å². The van der Waals surface area contributed by atoms with Gasteiger partial charge in [0.25, 0.3) is 5.91 Å². The number of nitrogens with zero attached hydrogens (tertiary/aromatic N) is 3. The van der Waals surface area contributed by atoms with Gasteiger partial charge in [-0.3, -0.25) is 14.7 Å². The minimum Gasteiger partial charge on any atom is -0.484 e. The van der Waals surface area contributed by atoms with Crippen molar-refractivity contribution in [1.82, 2.24) is 14.8 Å². The molecule has 144 valence electrons. The summed E-state index contributed by atoms with van der Waals surface area (Å²) in [5.74, 6) is 0.744. The fraction of sp³-hybridized carbons (Fsp3) is 0.273. The van der Waals surface area contributed by atoms with Crippen molar-refractivity contribution in [3.05, 3.63) is 70.8 Å².